The summed E-state index contributed by atoms with van der Waals surface area (Å²) in [5.74, 6) is 2.35. The molecule has 0 bridgehead atoms. The van der Waals surface area contributed by atoms with E-state index in [1.807, 2.05) is 36.4 Å². The van der Waals surface area contributed by atoms with E-state index in [-0.39, 0.29) is 11.6 Å². The molecule has 0 N–H and O–H groups in total. The SMILES string of the molecule is CC(=O)c1cccc2c1C(=O)c1ccccc1-2.CC1CCC(CCC(c2ccccc2)c2ccccc2)C1. The zero-order valence-corrected chi connectivity index (χ0v) is 22.4. The Bertz CT molecular complexity index is 1360. The molecule has 2 atom stereocenters. The molecule has 0 aliphatic heterocycles. The summed E-state index contributed by atoms with van der Waals surface area (Å²) in [4.78, 5) is 23.8. The van der Waals surface area contributed by atoms with Crippen molar-refractivity contribution >= 4 is 11.6 Å². The van der Waals surface area contributed by atoms with Crippen LogP contribution in [0.1, 0.15) is 89.3 Å². The number of rotatable bonds is 6. The molecular formula is C36H36O2. The van der Waals surface area contributed by atoms with Gasteiger partial charge in [-0.1, -0.05) is 123 Å². The number of benzene rings is 4. The van der Waals surface area contributed by atoms with Gasteiger partial charge in [-0.05, 0) is 60.3 Å². The van der Waals surface area contributed by atoms with Crippen LogP contribution in [0.25, 0.3) is 11.1 Å². The molecule has 4 aromatic rings. The fraction of sp³-hybridized carbons (Fsp3) is 0.278. The molecule has 4 aromatic carbocycles. The Labute approximate surface area is 226 Å². The number of hydrogen-bond donors (Lipinski definition) is 0. The lowest BCUT2D eigenvalue weighted by Crippen LogP contribution is -2.04. The van der Waals surface area contributed by atoms with Crippen LogP contribution in [0.15, 0.2) is 103 Å². The topological polar surface area (TPSA) is 34.1 Å². The summed E-state index contributed by atoms with van der Waals surface area (Å²) in [5.41, 5.74) is 6.50. The van der Waals surface area contributed by atoms with Gasteiger partial charge in [0.05, 0.1) is 0 Å². The third-order valence-corrected chi connectivity index (χ3v) is 8.20. The first-order valence-corrected chi connectivity index (χ1v) is 13.9. The van der Waals surface area contributed by atoms with Crippen LogP contribution in [-0.4, -0.2) is 11.6 Å². The monoisotopic (exact) mass is 500 g/mol. The maximum absolute atomic E-state index is 12.3. The fourth-order valence-corrected chi connectivity index (χ4v) is 6.25. The van der Waals surface area contributed by atoms with Gasteiger partial charge in [-0.3, -0.25) is 9.59 Å². The van der Waals surface area contributed by atoms with E-state index in [0.29, 0.717) is 22.6 Å². The third kappa shape index (κ3) is 5.55. The van der Waals surface area contributed by atoms with Crippen molar-refractivity contribution in [2.45, 2.75) is 51.9 Å². The van der Waals surface area contributed by atoms with E-state index in [4.69, 9.17) is 0 Å². The first kappa shape index (κ1) is 25.9. The van der Waals surface area contributed by atoms with Gasteiger partial charge in [-0.15, -0.1) is 0 Å². The van der Waals surface area contributed by atoms with E-state index in [9.17, 15) is 9.59 Å². The Balaban J connectivity index is 0.000000158. The Morgan fingerprint density at radius 3 is 1.89 bits per heavy atom. The minimum atomic E-state index is -0.0667. The van der Waals surface area contributed by atoms with Gasteiger partial charge in [0, 0.05) is 22.6 Å². The van der Waals surface area contributed by atoms with Gasteiger partial charge in [0.25, 0.3) is 0 Å². The summed E-state index contributed by atoms with van der Waals surface area (Å²) in [6.07, 6.45) is 6.98. The first-order chi connectivity index (χ1) is 18.5. The zero-order valence-electron chi connectivity index (χ0n) is 22.4. The molecule has 2 heteroatoms. The number of hydrogen-bond acceptors (Lipinski definition) is 2. The zero-order chi connectivity index (χ0) is 26.5. The Kier molecular flexibility index (Phi) is 7.98. The van der Waals surface area contributed by atoms with Gasteiger partial charge in [0.15, 0.2) is 11.6 Å². The Hall–Kier alpha value is -3.78. The minimum Gasteiger partial charge on any atom is -0.294 e. The predicted molar refractivity (Wildman–Crippen MR) is 156 cm³/mol. The summed E-state index contributed by atoms with van der Waals surface area (Å²) >= 11 is 0. The summed E-state index contributed by atoms with van der Waals surface area (Å²) < 4.78 is 0. The van der Waals surface area contributed by atoms with Crippen LogP contribution in [0.4, 0.5) is 0 Å². The predicted octanol–water partition coefficient (Wildman–Crippen LogP) is 9.14. The lowest BCUT2D eigenvalue weighted by atomic mass is 9.84. The largest absolute Gasteiger partial charge is 0.294 e. The summed E-state index contributed by atoms with van der Waals surface area (Å²) in [6.45, 7) is 3.90. The average Bonchev–Trinajstić information content (AvgIpc) is 3.51. The highest BCUT2D eigenvalue weighted by Crippen LogP contribution is 2.39. The molecule has 1 saturated carbocycles. The van der Waals surface area contributed by atoms with Crippen molar-refractivity contribution < 1.29 is 9.59 Å². The van der Waals surface area contributed by atoms with E-state index >= 15 is 0 Å². The second-order valence-electron chi connectivity index (χ2n) is 10.9. The Morgan fingerprint density at radius 1 is 0.737 bits per heavy atom. The van der Waals surface area contributed by atoms with E-state index in [1.54, 1.807) is 6.07 Å². The molecule has 0 saturated heterocycles. The molecule has 2 aliphatic carbocycles. The van der Waals surface area contributed by atoms with Crippen molar-refractivity contribution in [1.82, 2.24) is 0 Å². The van der Waals surface area contributed by atoms with Crippen molar-refractivity contribution in [3.8, 4) is 11.1 Å². The third-order valence-electron chi connectivity index (χ3n) is 8.20. The molecule has 2 unspecified atom stereocenters. The quantitative estimate of drug-likeness (QED) is 0.218. The van der Waals surface area contributed by atoms with E-state index in [2.05, 4.69) is 67.6 Å². The molecule has 0 radical (unpaired) electrons. The maximum atomic E-state index is 12.3. The summed E-state index contributed by atoms with van der Waals surface area (Å²) in [5, 5.41) is 0. The van der Waals surface area contributed by atoms with E-state index < -0.39 is 0 Å². The molecule has 2 nitrogen and oxygen atoms in total. The van der Waals surface area contributed by atoms with Crippen molar-refractivity contribution in [1.29, 1.82) is 0 Å². The minimum absolute atomic E-state index is 0.0404. The molecule has 0 aromatic heterocycles. The molecule has 2 aliphatic rings. The van der Waals surface area contributed by atoms with Crippen LogP contribution >= 0.6 is 0 Å². The van der Waals surface area contributed by atoms with E-state index in [1.165, 1.54) is 50.2 Å². The lowest BCUT2D eigenvalue weighted by Gasteiger charge is -2.20. The van der Waals surface area contributed by atoms with Crippen molar-refractivity contribution in [3.63, 3.8) is 0 Å². The number of carbonyl (C=O) groups excluding carboxylic acids is 2. The van der Waals surface area contributed by atoms with Gasteiger partial charge in [-0.2, -0.15) is 0 Å². The lowest BCUT2D eigenvalue weighted by molar-refractivity contribution is 0.0992. The van der Waals surface area contributed by atoms with Gasteiger partial charge in [0.2, 0.25) is 0 Å². The van der Waals surface area contributed by atoms with Crippen LogP contribution in [-0.2, 0) is 0 Å². The molecule has 0 spiro atoms. The van der Waals surface area contributed by atoms with E-state index in [0.717, 1.165) is 23.0 Å². The van der Waals surface area contributed by atoms with Crippen LogP contribution in [0.5, 0.6) is 0 Å². The molecule has 0 amide bonds. The number of fused-ring (bicyclic) bond motifs is 3. The highest BCUT2D eigenvalue weighted by atomic mass is 16.1. The first-order valence-electron chi connectivity index (χ1n) is 13.9. The average molecular weight is 501 g/mol. The van der Waals surface area contributed by atoms with Crippen molar-refractivity contribution in [2.24, 2.45) is 11.8 Å². The van der Waals surface area contributed by atoms with Gasteiger partial charge in [-0.25, -0.2) is 0 Å². The standard InChI is InChI=1S/C21H26.C15H10O2/c1-17-12-13-18(16-17)14-15-21(19-8-4-2-5-9-19)20-10-6-3-7-11-20;1-9(16)10-7-4-8-12-11-5-2-3-6-13(11)15(17)14(10)12/h2-11,17-18,21H,12-16H2,1H3;2-8H,1H3. The fourth-order valence-electron chi connectivity index (χ4n) is 6.25. The molecule has 6 rings (SSSR count). The summed E-state index contributed by atoms with van der Waals surface area (Å²) in [6, 6.07) is 35.0. The van der Waals surface area contributed by atoms with Gasteiger partial charge >= 0.3 is 0 Å². The van der Waals surface area contributed by atoms with Crippen LogP contribution in [0.2, 0.25) is 0 Å². The molecular weight excluding hydrogens is 464 g/mol. The highest BCUT2D eigenvalue weighted by Gasteiger charge is 2.29. The molecule has 0 heterocycles. The van der Waals surface area contributed by atoms with Crippen molar-refractivity contribution in [3.05, 3.63) is 131 Å². The van der Waals surface area contributed by atoms with Crippen LogP contribution in [0, 0.1) is 11.8 Å². The second kappa shape index (κ2) is 11.7. The van der Waals surface area contributed by atoms with Gasteiger partial charge in [0.1, 0.15) is 0 Å². The Morgan fingerprint density at radius 2 is 1.32 bits per heavy atom. The number of Topliss-reactive ketones (excluding diaryl/α,β-unsaturated/α-hetero) is 1. The molecule has 1 fully saturated rings. The maximum Gasteiger partial charge on any atom is 0.195 e. The van der Waals surface area contributed by atoms with Crippen molar-refractivity contribution in [2.75, 3.05) is 0 Å². The molecule has 38 heavy (non-hydrogen) atoms. The number of carbonyl (C=O) groups is 2. The van der Waals surface area contributed by atoms with Gasteiger partial charge < -0.3 is 0 Å². The summed E-state index contributed by atoms with van der Waals surface area (Å²) in [7, 11) is 0. The van der Waals surface area contributed by atoms with Crippen LogP contribution < -0.4 is 0 Å². The number of ketones is 2. The second-order valence-corrected chi connectivity index (χ2v) is 10.9. The van der Waals surface area contributed by atoms with Crippen LogP contribution in [0.3, 0.4) is 0 Å². The normalized spacial score (nSPS) is 17.5. The highest BCUT2D eigenvalue weighted by molar-refractivity contribution is 6.25. The molecule has 192 valence electrons. The smallest absolute Gasteiger partial charge is 0.195 e.